The lowest BCUT2D eigenvalue weighted by Gasteiger charge is -2.17. The average Bonchev–Trinajstić information content (AvgIpc) is 3.29. The average molecular weight is 344 g/mol. The van der Waals surface area contributed by atoms with Gasteiger partial charge in [-0.15, -0.1) is 0 Å². The molecule has 4 heterocycles. The van der Waals surface area contributed by atoms with Crippen LogP contribution in [0.5, 0.6) is 0 Å². The van der Waals surface area contributed by atoms with E-state index in [1.54, 1.807) is 18.2 Å². The number of pyridine rings is 1. The van der Waals surface area contributed by atoms with Gasteiger partial charge in [-0.05, 0) is 19.1 Å². The van der Waals surface area contributed by atoms with Gasteiger partial charge >= 0.3 is 0 Å². The molecule has 3 aromatic rings. The maximum atomic E-state index is 14.4. The van der Waals surface area contributed by atoms with E-state index in [-0.39, 0.29) is 17.7 Å². The number of aromatic nitrogens is 3. The van der Waals surface area contributed by atoms with Crippen molar-refractivity contribution in [1.82, 2.24) is 19.9 Å². The SMILES string of the molecule is Cc1cc(C[C@@H]2COC[C@@H]2NC(=O)c2nc3ccccn3c2F)on1. The molecule has 0 aromatic carbocycles. The van der Waals surface area contributed by atoms with Gasteiger partial charge < -0.3 is 14.6 Å². The molecule has 4 rings (SSSR count). The van der Waals surface area contributed by atoms with Crippen LogP contribution in [0.4, 0.5) is 4.39 Å². The lowest BCUT2D eigenvalue weighted by Crippen LogP contribution is -2.41. The van der Waals surface area contributed by atoms with E-state index >= 15 is 0 Å². The molecule has 1 fully saturated rings. The summed E-state index contributed by atoms with van der Waals surface area (Å²) in [5.74, 6) is -0.438. The lowest BCUT2D eigenvalue weighted by atomic mass is 9.98. The van der Waals surface area contributed by atoms with Gasteiger partial charge in [0, 0.05) is 24.6 Å². The molecule has 0 aliphatic carbocycles. The summed E-state index contributed by atoms with van der Waals surface area (Å²) in [6.07, 6.45) is 2.13. The third kappa shape index (κ3) is 3.00. The number of nitrogens with zero attached hydrogens (tertiary/aromatic N) is 3. The summed E-state index contributed by atoms with van der Waals surface area (Å²) in [5.41, 5.74) is 0.982. The van der Waals surface area contributed by atoms with Gasteiger partial charge in [0.1, 0.15) is 11.4 Å². The normalized spacial score (nSPS) is 20.2. The Bertz CT molecular complexity index is 920. The molecule has 0 saturated carbocycles. The van der Waals surface area contributed by atoms with E-state index in [1.807, 2.05) is 13.0 Å². The molecule has 25 heavy (non-hydrogen) atoms. The summed E-state index contributed by atoms with van der Waals surface area (Å²) in [5, 5.41) is 6.69. The van der Waals surface area contributed by atoms with Crippen LogP contribution in [0.1, 0.15) is 21.9 Å². The van der Waals surface area contributed by atoms with Crippen LogP contribution in [0.3, 0.4) is 0 Å². The van der Waals surface area contributed by atoms with Crippen LogP contribution in [0.15, 0.2) is 35.0 Å². The molecular weight excluding hydrogens is 327 g/mol. The van der Waals surface area contributed by atoms with E-state index in [0.717, 1.165) is 11.5 Å². The molecular formula is C17H17FN4O3. The topological polar surface area (TPSA) is 81.7 Å². The van der Waals surface area contributed by atoms with E-state index in [1.165, 1.54) is 10.6 Å². The highest BCUT2D eigenvalue weighted by Gasteiger charge is 2.32. The molecule has 0 spiro atoms. The fraction of sp³-hybridized carbons (Fsp3) is 0.353. The molecule has 0 bridgehead atoms. The second kappa shape index (κ2) is 6.29. The first-order valence-electron chi connectivity index (χ1n) is 8.05. The molecule has 7 nitrogen and oxygen atoms in total. The molecule has 0 unspecified atom stereocenters. The van der Waals surface area contributed by atoms with Crippen LogP contribution in [0.25, 0.3) is 5.65 Å². The first-order valence-corrected chi connectivity index (χ1v) is 8.05. The summed E-state index contributed by atoms with van der Waals surface area (Å²) >= 11 is 0. The molecule has 8 heteroatoms. The minimum atomic E-state index is -0.672. The summed E-state index contributed by atoms with van der Waals surface area (Å²) < 4.78 is 26.3. The Morgan fingerprint density at radius 1 is 1.44 bits per heavy atom. The Morgan fingerprint density at radius 2 is 2.32 bits per heavy atom. The monoisotopic (exact) mass is 344 g/mol. The molecule has 1 saturated heterocycles. The number of carbonyl (C=O) groups excluding carboxylic acids is 1. The number of ether oxygens (including phenoxy) is 1. The second-order valence-corrected chi connectivity index (χ2v) is 6.20. The number of imidazole rings is 1. The Labute approximate surface area is 142 Å². The highest BCUT2D eigenvalue weighted by Crippen LogP contribution is 2.20. The van der Waals surface area contributed by atoms with Crippen LogP contribution in [0, 0.1) is 18.8 Å². The summed E-state index contributed by atoms with van der Waals surface area (Å²) in [6, 6.07) is 6.69. The Morgan fingerprint density at radius 3 is 3.08 bits per heavy atom. The van der Waals surface area contributed by atoms with Gasteiger partial charge in [-0.1, -0.05) is 11.2 Å². The van der Waals surface area contributed by atoms with Gasteiger partial charge in [0.05, 0.1) is 24.9 Å². The molecule has 2 atom stereocenters. The molecule has 130 valence electrons. The summed E-state index contributed by atoms with van der Waals surface area (Å²) in [4.78, 5) is 16.5. The zero-order valence-corrected chi connectivity index (χ0v) is 13.6. The Kier molecular flexibility index (Phi) is 3.96. The van der Waals surface area contributed by atoms with Gasteiger partial charge in [0.15, 0.2) is 5.69 Å². The van der Waals surface area contributed by atoms with Crippen LogP contribution in [-0.4, -0.2) is 39.7 Å². The molecule has 0 radical (unpaired) electrons. The fourth-order valence-corrected chi connectivity index (χ4v) is 3.08. The maximum Gasteiger partial charge on any atom is 0.274 e. The van der Waals surface area contributed by atoms with Crippen LogP contribution in [-0.2, 0) is 11.2 Å². The number of carbonyl (C=O) groups is 1. The van der Waals surface area contributed by atoms with Gasteiger partial charge in [0.2, 0.25) is 5.95 Å². The van der Waals surface area contributed by atoms with Crippen molar-refractivity contribution in [3.05, 3.63) is 53.6 Å². The Hall–Kier alpha value is -2.74. The fourth-order valence-electron chi connectivity index (χ4n) is 3.08. The van der Waals surface area contributed by atoms with E-state index in [0.29, 0.717) is 25.3 Å². The standard InChI is InChI=1S/C17H17FN4O3/c1-10-6-12(25-21-10)7-11-8-24-9-13(11)19-17(23)15-16(18)22-5-3-2-4-14(22)20-15/h2-6,11,13H,7-9H2,1H3,(H,19,23)/t11-,13+/m1/s1. The number of hydrogen-bond donors (Lipinski definition) is 1. The van der Waals surface area contributed by atoms with Gasteiger partial charge in [0.25, 0.3) is 5.91 Å². The largest absolute Gasteiger partial charge is 0.379 e. The van der Waals surface area contributed by atoms with Crippen LogP contribution in [0.2, 0.25) is 0 Å². The van der Waals surface area contributed by atoms with Crippen molar-refractivity contribution < 1.29 is 18.4 Å². The summed E-state index contributed by atoms with van der Waals surface area (Å²) in [7, 11) is 0. The number of amides is 1. The third-order valence-electron chi connectivity index (χ3n) is 4.34. The quantitative estimate of drug-likeness (QED) is 0.780. The third-order valence-corrected chi connectivity index (χ3v) is 4.34. The smallest absolute Gasteiger partial charge is 0.274 e. The number of nitrogens with one attached hydrogen (secondary N) is 1. The number of aryl methyl sites for hydroxylation is 1. The van der Waals surface area contributed by atoms with Crippen molar-refractivity contribution >= 4 is 11.6 Å². The highest BCUT2D eigenvalue weighted by atomic mass is 19.1. The molecule has 1 amide bonds. The van der Waals surface area contributed by atoms with E-state index in [9.17, 15) is 9.18 Å². The zero-order valence-electron chi connectivity index (χ0n) is 13.6. The number of fused-ring (bicyclic) bond motifs is 1. The van der Waals surface area contributed by atoms with E-state index < -0.39 is 11.9 Å². The molecule has 3 aromatic heterocycles. The van der Waals surface area contributed by atoms with E-state index in [2.05, 4.69) is 15.5 Å². The first-order chi connectivity index (χ1) is 12.1. The van der Waals surface area contributed by atoms with E-state index in [4.69, 9.17) is 9.26 Å². The summed E-state index contributed by atoms with van der Waals surface area (Å²) in [6.45, 7) is 2.72. The lowest BCUT2D eigenvalue weighted by molar-refractivity contribution is 0.0915. The van der Waals surface area contributed by atoms with Crippen molar-refractivity contribution in [3.63, 3.8) is 0 Å². The minimum absolute atomic E-state index is 0.0383. The number of hydrogen-bond acceptors (Lipinski definition) is 5. The first kappa shape index (κ1) is 15.8. The van der Waals surface area contributed by atoms with Crippen molar-refractivity contribution in [2.45, 2.75) is 19.4 Å². The van der Waals surface area contributed by atoms with Crippen molar-refractivity contribution in [2.24, 2.45) is 5.92 Å². The number of rotatable bonds is 4. The van der Waals surface area contributed by atoms with Crippen molar-refractivity contribution in [2.75, 3.05) is 13.2 Å². The van der Waals surface area contributed by atoms with Crippen LogP contribution >= 0.6 is 0 Å². The van der Waals surface area contributed by atoms with Crippen molar-refractivity contribution in [3.8, 4) is 0 Å². The van der Waals surface area contributed by atoms with Crippen molar-refractivity contribution in [1.29, 1.82) is 0 Å². The van der Waals surface area contributed by atoms with Gasteiger partial charge in [-0.3, -0.25) is 9.20 Å². The predicted molar refractivity (Wildman–Crippen MR) is 85.7 cm³/mol. The maximum absolute atomic E-state index is 14.4. The van der Waals surface area contributed by atoms with Crippen LogP contribution < -0.4 is 5.32 Å². The predicted octanol–water partition coefficient (Wildman–Crippen LogP) is 1.76. The molecule has 1 N–H and O–H groups in total. The Balaban J connectivity index is 1.50. The van der Waals surface area contributed by atoms with Gasteiger partial charge in [-0.2, -0.15) is 4.39 Å². The molecule has 1 aliphatic heterocycles. The molecule has 1 aliphatic rings. The van der Waals surface area contributed by atoms with Gasteiger partial charge in [-0.25, -0.2) is 4.98 Å². The minimum Gasteiger partial charge on any atom is -0.379 e. The zero-order chi connectivity index (χ0) is 17.4. The second-order valence-electron chi connectivity index (χ2n) is 6.20. The number of halogens is 1. The highest BCUT2D eigenvalue weighted by molar-refractivity contribution is 5.93.